The summed E-state index contributed by atoms with van der Waals surface area (Å²) < 4.78 is 1.78. The van der Waals surface area contributed by atoms with E-state index < -0.39 is 0 Å². The predicted molar refractivity (Wildman–Crippen MR) is 134 cm³/mol. The Morgan fingerprint density at radius 2 is 1.82 bits per heavy atom. The third kappa shape index (κ3) is 5.03. The molecular formula is C25H32ClN7O. The van der Waals surface area contributed by atoms with Gasteiger partial charge >= 0.3 is 0 Å². The minimum atomic E-state index is 0.0679. The molecule has 1 N–H and O–H groups in total. The van der Waals surface area contributed by atoms with Crippen LogP contribution < -0.4 is 10.2 Å². The van der Waals surface area contributed by atoms with Gasteiger partial charge in [-0.2, -0.15) is 4.52 Å². The van der Waals surface area contributed by atoms with Crippen LogP contribution in [0.25, 0.3) is 17.0 Å². The summed E-state index contributed by atoms with van der Waals surface area (Å²) in [5.41, 5.74) is 1.61. The minimum Gasteiger partial charge on any atom is -0.355 e. The van der Waals surface area contributed by atoms with Gasteiger partial charge in [-0.15, -0.1) is 15.3 Å². The Balaban J connectivity index is 1.17. The van der Waals surface area contributed by atoms with Gasteiger partial charge in [0, 0.05) is 48.7 Å². The monoisotopic (exact) mass is 481 g/mol. The predicted octanol–water partition coefficient (Wildman–Crippen LogP) is 3.65. The van der Waals surface area contributed by atoms with Crippen LogP contribution in [-0.4, -0.2) is 69.4 Å². The highest BCUT2D eigenvalue weighted by Gasteiger charge is 2.26. The van der Waals surface area contributed by atoms with Crippen molar-refractivity contribution in [2.75, 3.05) is 37.6 Å². The fourth-order valence-electron chi connectivity index (χ4n) is 5.05. The molecule has 0 radical (unpaired) electrons. The summed E-state index contributed by atoms with van der Waals surface area (Å²) in [7, 11) is 0. The quantitative estimate of drug-likeness (QED) is 0.579. The molecule has 4 heterocycles. The summed E-state index contributed by atoms with van der Waals surface area (Å²) in [6.45, 7) is 6.74. The van der Waals surface area contributed by atoms with Crippen molar-refractivity contribution in [3.63, 3.8) is 0 Å². The SMILES string of the molecule is CC1CCCCN1CCNC(=O)C1CCN(c2ccc3nnc(-c4ccc(Cl)cc4)n3n2)CC1. The molecule has 34 heavy (non-hydrogen) atoms. The molecule has 9 heteroatoms. The molecule has 0 aliphatic carbocycles. The molecule has 1 amide bonds. The van der Waals surface area contributed by atoms with Crippen molar-refractivity contribution in [1.29, 1.82) is 0 Å². The zero-order valence-electron chi connectivity index (χ0n) is 19.7. The number of carbonyl (C=O) groups excluding carboxylic acids is 1. The number of piperidine rings is 2. The Labute approximate surface area is 205 Å². The lowest BCUT2D eigenvalue weighted by molar-refractivity contribution is -0.125. The molecule has 1 atom stereocenters. The molecular weight excluding hydrogens is 450 g/mol. The first-order chi connectivity index (χ1) is 16.6. The van der Waals surface area contributed by atoms with Crippen LogP contribution in [0.15, 0.2) is 36.4 Å². The zero-order chi connectivity index (χ0) is 23.5. The lowest BCUT2D eigenvalue weighted by Crippen LogP contribution is -2.45. The number of likely N-dealkylation sites (tertiary alicyclic amines) is 1. The average molecular weight is 482 g/mol. The fourth-order valence-corrected chi connectivity index (χ4v) is 5.18. The zero-order valence-corrected chi connectivity index (χ0v) is 20.4. The van der Waals surface area contributed by atoms with Crippen LogP contribution in [0, 0.1) is 5.92 Å². The Kier molecular flexibility index (Phi) is 6.97. The smallest absolute Gasteiger partial charge is 0.223 e. The van der Waals surface area contributed by atoms with Crippen molar-refractivity contribution in [2.45, 2.75) is 45.1 Å². The van der Waals surface area contributed by atoms with Gasteiger partial charge in [0.25, 0.3) is 0 Å². The first-order valence-electron chi connectivity index (χ1n) is 12.3. The maximum absolute atomic E-state index is 12.7. The van der Waals surface area contributed by atoms with Crippen molar-refractivity contribution in [3.8, 4) is 11.4 Å². The van der Waals surface area contributed by atoms with E-state index in [1.165, 1.54) is 19.3 Å². The highest BCUT2D eigenvalue weighted by Crippen LogP contribution is 2.25. The molecule has 5 rings (SSSR count). The molecule has 0 bridgehead atoms. The summed E-state index contributed by atoms with van der Waals surface area (Å²) in [4.78, 5) is 17.5. The summed E-state index contributed by atoms with van der Waals surface area (Å²) in [5, 5.41) is 17.2. The molecule has 2 fully saturated rings. The van der Waals surface area contributed by atoms with Crippen LogP contribution in [0.4, 0.5) is 5.82 Å². The Bertz CT molecular complexity index is 1120. The summed E-state index contributed by atoms with van der Waals surface area (Å²) in [6.07, 6.45) is 5.52. The summed E-state index contributed by atoms with van der Waals surface area (Å²) in [6, 6.07) is 12.1. The van der Waals surface area contributed by atoms with E-state index in [9.17, 15) is 4.79 Å². The number of anilines is 1. The van der Waals surface area contributed by atoms with Gasteiger partial charge in [-0.25, -0.2) is 0 Å². The number of carbonyl (C=O) groups is 1. The lowest BCUT2D eigenvalue weighted by atomic mass is 9.96. The molecule has 0 saturated carbocycles. The van der Waals surface area contributed by atoms with Gasteiger partial charge < -0.3 is 10.2 Å². The number of benzene rings is 1. The number of aromatic nitrogens is 4. The van der Waals surface area contributed by atoms with E-state index in [4.69, 9.17) is 16.7 Å². The largest absolute Gasteiger partial charge is 0.355 e. The first-order valence-corrected chi connectivity index (χ1v) is 12.7. The molecule has 0 spiro atoms. The first kappa shape index (κ1) is 23.1. The van der Waals surface area contributed by atoms with Crippen molar-refractivity contribution in [1.82, 2.24) is 30.0 Å². The molecule has 2 aliphatic rings. The normalized spacial score (nSPS) is 20.1. The van der Waals surface area contributed by atoms with Crippen LogP contribution in [0.3, 0.4) is 0 Å². The van der Waals surface area contributed by atoms with E-state index in [1.54, 1.807) is 4.52 Å². The van der Waals surface area contributed by atoms with Crippen LogP contribution >= 0.6 is 11.6 Å². The average Bonchev–Trinajstić information content (AvgIpc) is 3.29. The van der Waals surface area contributed by atoms with Gasteiger partial charge in [-0.1, -0.05) is 18.0 Å². The Morgan fingerprint density at radius 3 is 2.59 bits per heavy atom. The number of nitrogens with zero attached hydrogens (tertiary/aromatic N) is 6. The standard InChI is InChI=1S/C25H32ClN7O/c1-18-4-2-3-14-31(18)17-13-27-25(34)20-11-15-32(16-12-20)23-10-9-22-28-29-24(33(22)30-23)19-5-7-21(26)8-6-19/h5-10,18,20H,2-4,11-17H2,1H3,(H,27,34). The van der Waals surface area contributed by atoms with E-state index in [0.717, 1.165) is 56.9 Å². The number of hydrogen-bond donors (Lipinski definition) is 1. The second-order valence-corrected chi connectivity index (χ2v) is 9.86. The number of nitrogens with one attached hydrogen (secondary N) is 1. The maximum Gasteiger partial charge on any atom is 0.223 e. The van der Waals surface area contributed by atoms with E-state index in [2.05, 4.69) is 32.2 Å². The molecule has 180 valence electrons. The summed E-state index contributed by atoms with van der Waals surface area (Å²) in [5.74, 6) is 1.82. The van der Waals surface area contributed by atoms with Crippen molar-refractivity contribution < 1.29 is 4.79 Å². The maximum atomic E-state index is 12.7. The van der Waals surface area contributed by atoms with E-state index >= 15 is 0 Å². The van der Waals surface area contributed by atoms with Crippen LogP contribution in [0.5, 0.6) is 0 Å². The van der Waals surface area contributed by atoms with Crippen LogP contribution in [-0.2, 0) is 4.79 Å². The Morgan fingerprint density at radius 1 is 1.03 bits per heavy atom. The number of fused-ring (bicyclic) bond motifs is 1. The number of rotatable bonds is 6. The van der Waals surface area contributed by atoms with Crippen LogP contribution in [0.1, 0.15) is 39.0 Å². The molecule has 8 nitrogen and oxygen atoms in total. The third-order valence-corrected chi connectivity index (χ3v) is 7.43. The van der Waals surface area contributed by atoms with E-state index in [-0.39, 0.29) is 11.8 Å². The van der Waals surface area contributed by atoms with E-state index in [1.807, 2.05) is 36.4 Å². The highest BCUT2D eigenvalue weighted by atomic mass is 35.5. The molecule has 1 unspecified atom stereocenters. The van der Waals surface area contributed by atoms with Gasteiger partial charge in [0.05, 0.1) is 0 Å². The Hall–Kier alpha value is -2.71. The van der Waals surface area contributed by atoms with Crippen molar-refractivity contribution in [3.05, 3.63) is 41.4 Å². The van der Waals surface area contributed by atoms with Gasteiger partial charge in [-0.3, -0.25) is 9.69 Å². The topological polar surface area (TPSA) is 78.7 Å². The molecule has 1 aromatic carbocycles. The molecule has 2 saturated heterocycles. The molecule has 2 aliphatic heterocycles. The van der Waals surface area contributed by atoms with Gasteiger partial charge in [0.15, 0.2) is 11.5 Å². The lowest BCUT2D eigenvalue weighted by Gasteiger charge is -2.34. The number of hydrogen-bond acceptors (Lipinski definition) is 6. The highest BCUT2D eigenvalue weighted by molar-refractivity contribution is 6.30. The van der Waals surface area contributed by atoms with Crippen molar-refractivity contribution in [2.24, 2.45) is 5.92 Å². The van der Waals surface area contributed by atoms with Crippen LogP contribution in [0.2, 0.25) is 5.02 Å². The second kappa shape index (κ2) is 10.3. The van der Waals surface area contributed by atoms with Gasteiger partial charge in [0.2, 0.25) is 5.91 Å². The third-order valence-electron chi connectivity index (χ3n) is 7.18. The van der Waals surface area contributed by atoms with Crippen molar-refractivity contribution >= 4 is 29.0 Å². The summed E-state index contributed by atoms with van der Waals surface area (Å²) >= 11 is 6.03. The van der Waals surface area contributed by atoms with Gasteiger partial charge in [-0.05, 0) is 75.5 Å². The number of amides is 1. The van der Waals surface area contributed by atoms with E-state index in [0.29, 0.717) is 22.5 Å². The van der Waals surface area contributed by atoms with Gasteiger partial charge in [0.1, 0.15) is 5.82 Å². The molecule has 2 aromatic heterocycles. The second-order valence-electron chi connectivity index (χ2n) is 9.43. The molecule has 3 aromatic rings. The minimum absolute atomic E-state index is 0.0679. The fraction of sp³-hybridized carbons (Fsp3) is 0.520. The number of halogens is 1.